The average molecular weight is 344 g/mol. The molecule has 2 amide bonds. The SMILES string of the molecule is CCCN(CC)c1cccc2c1n(C)c(=O)n2C1CCC(=O)NC1=O. The zero-order valence-electron chi connectivity index (χ0n) is 14.9. The van der Waals surface area contributed by atoms with Crippen LogP contribution < -0.4 is 15.9 Å². The molecule has 1 aliphatic rings. The molecule has 0 radical (unpaired) electrons. The van der Waals surface area contributed by atoms with Crippen LogP contribution in [0, 0.1) is 0 Å². The fourth-order valence-corrected chi connectivity index (χ4v) is 3.62. The van der Waals surface area contributed by atoms with Crippen molar-refractivity contribution in [1.82, 2.24) is 14.5 Å². The number of para-hydroxylation sites is 1. The van der Waals surface area contributed by atoms with E-state index in [4.69, 9.17) is 0 Å². The summed E-state index contributed by atoms with van der Waals surface area (Å²) in [5, 5.41) is 2.34. The second-order valence-electron chi connectivity index (χ2n) is 6.40. The first kappa shape index (κ1) is 17.3. The van der Waals surface area contributed by atoms with E-state index in [2.05, 4.69) is 24.1 Å². The van der Waals surface area contributed by atoms with E-state index < -0.39 is 11.9 Å². The molecule has 2 heterocycles. The third-order valence-electron chi connectivity index (χ3n) is 4.82. The first-order valence-corrected chi connectivity index (χ1v) is 8.78. The molecule has 1 aromatic carbocycles. The first-order chi connectivity index (χ1) is 12.0. The van der Waals surface area contributed by atoms with Crippen LogP contribution in [0.2, 0.25) is 0 Å². The molecule has 0 saturated carbocycles. The Kier molecular flexibility index (Phi) is 4.65. The summed E-state index contributed by atoms with van der Waals surface area (Å²) in [7, 11) is 1.73. The maximum Gasteiger partial charge on any atom is 0.329 e. The molecule has 1 aromatic heterocycles. The molecule has 1 atom stereocenters. The predicted molar refractivity (Wildman–Crippen MR) is 96.8 cm³/mol. The van der Waals surface area contributed by atoms with Gasteiger partial charge in [0.1, 0.15) is 6.04 Å². The van der Waals surface area contributed by atoms with Crippen molar-refractivity contribution in [3.05, 3.63) is 28.7 Å². The number of carbonyl (C=O) groups is 2. The number of hydrogen-bond donors (Lipinski definition) is 1. The number of imide groups is 1. The molecule has 1 fully saturated rings. The van der Waals surface area contributed by atoms with E-state index in [0.717, 1.165) is 36.2 Å². The highest BCUT2D eigenvalue weighted by Gasteiger charge is 2.31. The van der Waals surface area contributed by atoms with Crippen LogP contribution in [0.5, 0.6) is 0 Å². The Morgan fingerprint density at radius 3 is 2.64 bits per heavy atom. The van der Waals surface area contributed by atoms with E-state index in [1.165, 1.54) is 4.57 Å². The van der Waals surface area contributed by atoms with E-state index in [0.29, 0.717) is 6.42 Å². The number of anilines is 1. The van der Waals surface area contributed by atoms with E-state index in [-0.39, 0.29) is 18.0 Å². The lowest BCUT2D eigenvalue weighted by molar-refractivity contribution is -0.135. The summed E-state index contributed by atoms with van der Waals surface area (Å²) in [5.74, 6) is -0.688. The number of nitrogens with zero attached hydrogens (tertiary/aromatic N) is 3. The predicted octanol–water partition coefficient (Wildman–Crippen LogP) is 1.55. The summed E-state index contributed by atoms with van der Waals surface area (Å²) in [6, 6.07) is 5.14. The fraction of sp³-hybridized carbons (Fsp3) is 0.500. The number of nitrogens with one attached hydrogen (secondary N) is 1. The first-order valence-electron chi connectivity index (χ1n) is 8.78. The van der Waals surface area contributed by atoms with Crippen molar-refractivity contribution in [2.24, 2.45) is 7.05 Å². The van der Waals surface area contributed by atoms with Gasteiger partial charge in [0.05, 0.1) is 16.7 Å². The number of piperidine rings is 1. The van der Waals surface area contributed by atoms with Crippen LogP contribution in [0.15, 0.2) is 23.0 Å². The van der Waals surface area contributed by atoms with Gasteiger partial charge in [-0.25, -0.2) is 4.79 Å². The Morgan fingerprint density at radius 1 is 1.24 bits per heavy atom. The molecule has 0 aliphatic carbocycles. The number of imidazole rings is 1. The molecular weight excluding hydrogens is 320 g/mol. The lowest BCUT2D eigenvalue weighted by atomic mass is 10.1. The second kappa shape index (κ2) is 6.74. The number of amides is 2. The molecule has 1 aliphatic heterocycles. The highest BCUT2D eigenvalue weighted by molar-refractivity contribution is 6.00. The highest BCUT2D eigenvalue weighted by Crippen LogP contribution is 2.29. The van der Waals surface area contributed by atoms with Crippen LogP contribution in [-0.4, -0.2) is 34.0 Å². The van der Waals surface area contributed by atoms with Gasteiger partial charge in [-0.15, -0.1) is 0 Å². The Hall–Kier alpha value is -2.57. The Labute approximate surface area is 146 Å². The van der Waals surface area contributed by atoms with E-state index >= 15 is 0 Å². The van der Waals surface area contributed by atoms with Crippen LogP contribution >= 0.6 is 0 Å². The van der Waals surface area contributed by atoms with Gasteiger partial charge in [0, 0.05) is 26.6 Å². The molecule has 7 heteroatoms. The van der Waals surface area contributed by atoms with Crippen molar-refractivity contribution in [2.75, 3.05) is 18.0 Å². The average Bonchev–Trinajstić information content (AvgIpc) is 2.85. The number of carbonyl (C=O) groups excluding carboxylic acids is 2. The highest BCUT2D eigenvalue weighted by atomic mass is 16.2. The summed E-state index contributed by atoms with van der Waals surface area (Å²) in [4.78, 5) is 38.8. The molecule has 134 valence electrons. The van der Waals surface area contributed by atoms with Gasteiger partial charge in [0.25, 0.3) is 0 Å². The Bertz CT molecular complexity index is 880. The maximum absolute atomic E-state index is 12.9. The standard InChI is InChI=1S/C18H24N4O3/c1-4-11-21(5-2)12-7-6-8-13-16(12)20(3)18(25)22(13)14-9-10-15(23)19-17(14)24/h6-8,14H,4-5,9-11H2,1-3H3,(H,19,23,24). The van der Waals surface area contributed by atoms with Crippen molar-refractivity contribution in [2.45, 2.75) is 39.2 Å². The van der Waals surface area contributed by atoms with Crippen LogP contribution in [0.25, 0.3) is 11.0 Å². The summed E-state index contributed by atoms with van der Waals surface area (Å²) >= 11 is 0. The number of hydrogen-bond acceptors (Lipinski definition) is 4. The van der Waals surface area contributed by atoms with Crippen LogP contribution in [0.1, 0.15) is 39.2 Å². The smallest absolute Gasteiger partial charge is 0.329 e. The van der Waals surface area contributed by atoms with Crippen LogP contribution in [-0.2, 0) is 16.6 Å². The number of benzene rings is 1. The quantitative estimate of drug-likeness (QED) is 0.835. The van der Waals surface area contributed by atoms with E-state index in [1.54, 1.807) is 11.6 Å². The molecule has 7 nitrogen and oxygen atoms in total. The molecule has 1 unspecified atom stereocenters. The minimum Gasteiger partial charge on any atom is -0.370 e. The summed E-state index contributed by atoms with van der Waals surface area (Å²) < 4.78 is 3.13. The van der Waals surface area contributed by atoms with Gasteiger partial charge in [0.15, 0.2) is 0 Å². The second-order valence-corrected chi connectivity index (χ2v) is 6.40. The van der Waals surface area contributed by atoms with Gasteiger partial charge in [-0.3, -0.25) is 24.0 Å². The summed E-state index contributed by atoms with van der Waals surface area (Å²) in [6.07, 6.45) is 1.60. The molecule has 1 saturated heterocycles. The van der Waals surface area contributed by atoms with Gasteiger partial charge in [-0.05, 0) is 31.9 Å². The molecule has 0 spiro atoms. The Morgan fingerprint density at radius 2 is 2.00 bits per heavy atom. The monoisotopic (exact) mass is 344 g/mol. The van der Waals surface area contributed by atoms with Crippen molar-refractivity contribution in [1.29, 1.82) is 0 Å². The van der Waals surface area contributed by atoms with Crippen molar-refractivity contribution < 1.29 is 9.59 Å². The fourth-order valence-electron chi connectivity index (χ4n) is 3.62. The minimum atomic E-state index is -0.648. The van der Waals surface area contributed by atoms with E-state index in [1.807, 2.05) is 18.2 Å². The topological polar surface area (TPSA) is 76.3 Å². The summed E-state index contributed by atoms with van der Waals surface area (Å²) in [6.45, 7) is 5.94. The van der Waals surface area contributed by atoms with Crippen molar-refractivity contribution >= 4 is 28.5 Å². The molecule has 0 bridgehead atoms. The maximum atomic E-state index is 12.9. The lowest BCUT2D eigenvalue weighted by Gasteiger charge is -2.24. The molecule has 1 N–H and O–H groups in total. The lowest BCUT2D eigenvalue weighted by Crippen LogP contribution is -2.44. The van der Waals surface area contributed by atoms with Gasteiger partial charge in [-0.1, -0.05) is 13.0 Å². The van der Waals surface area contributed by atoms with Gasteiger partial charge in [-0.2, -0.15) is 0 Å². The number of aromatic nitrogens is 2. The largest absolute Gasteiger partial charge is 0.370 e. The Balaban J connectivity index is 2.19. The molecule has 2 aromatic rings. The van der Waals surface area contributed by atoms with Crippen molar-refractivity contribution in [3.8, 4) is 0 Å². The van der Waals surface area contributed by atoms with Crippen LogP contribution in [0.3, 0.4) is 0 Å². The van der Waals surface area contributed by atoms with Gasteiger partial charge in [0.2, 0.25) is 11.8 Å². The number of fused-ring (bicyclic) bond motifs is 1. The summed E-state index contributed by atoms with van der Waals surface area (Å²) in [5.41, 5.74) is 2.32. The normalized spacial score (nSPS) is 17.8. The van der Waals surface area contributed by atoms with Gasteiger partial charge >= 0.3 is 5.69 Å². The minimum absolute atomic E-state index is 0.232. The third-order valence-corrected chi connectivity index (χ3v) is 4.82. The molecular formula is C18H24N4O3. The van der Waals surface area contributed by atoms with E-state index in [9.17, 15) is 14.4 Å². The third kappa shape index (κ3) is 2.83. The zero-order chi connectivity index (χ0) is 18.1. The number of aryl methyl sites for hydroxylation is 1. The van der Waals surface area contributed by atoms with Crippen LogP contribution in [0.4, 0.5) is 5.69 Å². The molecule has 25 heavy (non-hydrogen) atoms. The number of rotatable bonds is 5. The molecule has 3 rings (SSSR count). The zero-order valence-corrected chi connectivity index (χ0v) is 14.9. The van der Waals surface area contributed by atoms with Crippen molar-refractivity contribution in [3.63, 3.8) is 0 Å². The van der Waals surface area contributed by atoms with Gasteiger partial charge < -0.3 is 4.90 Å².